The number of pyridine rings is 2. The lowest BCUT2D eigenvalue weighted by molar-refractivity contribution is 0.569. The summed E-state index contributed by atoms with van der Waals surface area (Å²) in [5.41, 5.74) is 15.9. The van der Waals surface area contributed by atoms with Crippen LogP contribution >= 0.6 is 0 Å². The topological polar surface area (TPSA) is 41.6 Å². The molecule has 0 radical (unpaired) electrons. The maximum absolute atomic E-state index is 5.59. The lowest BCUT2D eigenvalue weighted by Crippen LogP contribution is -2.16. The van der Waals surface area contributed by atoms with E-state index in [0.29, 0.717) is 0 Å². The van der Waals surface area contributed by atoms with Gasteiger partial charge in [-0.25, -0.2) is 4.98 Å². The highest BCUT2D eigenvalue weighted by molar-refractivity contribution is 6.12. The van der Waals surface area contributed by atoms with Crippen molar-refractivity contribution in [1.29, 1.82) is 0 Å². The number of nitrogens with one attached hydrogen (secondary N) is 1. The fourth-order valence-corrected chi connectivity index (χ4v) is 7.82. The Bertz CT molecular complexity index is 2790. The third-order valence-electron chi connectivity index (χ3n) is 11.6. The van der Waals surface area contributed by atoms with Crippen LogP contribution in [0.2, 0.25) is 0 Å². The minimum Gasteiger partial charge on any atom is -0.354 e. The maximum atomic E-state index is 5.59. The summed E-state index contributed by atoms with van der Waals surface area (Å²) in [6.45, 7) is 27.6. The van der Waals surface area contributed by atoms with Gasteiger partial charge < -0.3 is 4.98 Å². The largest absolute Gasteiger partial charge is 0.354 e. The Morgan fingerprint density at radius 3 is 1.61 bits per heavy atom. The summed E-state index contributed by atoms with van der Waals surface area (Å²) in [4.78, 5) is 14.4. The SMILES string of the molecule is CC(C)(C)c1cc(-c2cc(-c3cccc(-c4cc5ccccc5cn4)c3)nc(-c3cc(C(C)(C)C)cc4c3[nH]c3ccc(C(C)(C)C)cc34)c2)cc(C(C)(C)C)c1. The van der Waals surface area contributed by atoms with E-state index in [1.807, 2.05) is 6.20 Å². The first-order valence-electron chi connectivity index (χ1n) is 20.5. The predicted octanol–water partition coefficient (Wildman–Crippen LogP) is 15.1. The third-order valence-corrected chi connectivity index (χ3v) is 11.6. The second kappa shape index (κ2) is 13.5. The average molecular weight is 748 g/mol. The third kappa shape index (κ3) is 7.53. The summed E-state index contributed by atoms with van der Waals surface area (Å²) >= 11 is 0. The molecule has 3 aromatic heterocycles. The zero-order valence-electron chi connectivity index (χ0n) is 35.9. The minimum absolute atomic E-state index is 0.0145. The quantitative estimate of drug-likeness (QED) is 0.195. The number of nitrogens with zero attached hydrogens (tertiary/aromatic N) is 2. The Balaban J connectivity index is 1.41. The highest BCUT2D eigenvalue weighted by Crippen LogP contribution is 2.42. The normalized spacial score (nSPS) is 12.9. The molecule has 3 heterocycles. The zero-order chi connectivity index (χ0) is 40.7. The summed E-state index contributed by atoms with van der Waals surface area (Å²) in [5.74, 6) is 0. The molecule has 0 bridgehead atoms. The lowest BCUT2D eigenvalue weighted by Gasteiger charge is -2.26. The molecule has 3 heteroatoms. The molecule has 57 heavy (non-hydrogen) atoms. The molecular formula is C54H57N3. The van der Waals surface area contributed by atoms with Gasteiger partial charge in [-0.15, -0.1) is 0 Å². The van der Waals surface area contributed by atoms with E-state index in [1.54, 1.807) is 0 Å². The van der Waals surface area contributed by atoms with Gasteiger partial charge >= 0.3 is 0 Å². The molecule has 0 saturated carbocycles. The van der Waals surface area contributed by atoms with Crippen molar-refractivity contribution in [2.45, 2.75) is 105 Å². The monoisotopic (exact) mass is 747 g/mol. The molecule has 0 saturated heterocycles. The van der Waals surface area contributed by atoms with Crippen LogP contribution in [0, 0.1) is 0 Å². The number of H-pyrrole nitrogens is 1. The van der Waals surface area contributed by atoms with E-state index in [0.717, 1.165) is 55.8 Å². The Kier molecular flexibility index (Phi) is 9.11. The maximum Gasteiger partial charge on any atom is 0.0736 e. The van der Waals surface area contributed by atoms with Crippen LogP contribution in [0.25, 0.3) is 77.5 Å². The van der Waals surface area contributed by atoms with E-state index in [1.165, 1.54) is 44.0 Å². The van der Waals surface area contributed by atoms with E-state index in [-0.39, 0.29) is 21.7 Å². The number of rotatable bonds is 4. The Morgan fingerprint density at radius 1 is 0.404 bits per heavy atom. The summed E-state index contributed by atoms with van der Waals surface area (Å²) in [7, 11) is 0. The highest BCUT2D eigenvalue weighted by atomic mass is 14.8. The zero-order valence-corrected chi connectivity index (χ0v) is 35.9. The van der Waals surface area contributed by atoms with Crippen molar-refractivity contribution >= 4 is 32.6 Å². The van der Waals surface area contributed by atoms with E-state index in [2.05, 4.69) is 203 Å². The van der Waals surface area contributed by atoms with E-state index >= 15 is 0 Å². The number of fused-ring (bicyclic) bond motifs is 4. The van der Waals surface area contributed by atoms with Crippen molar-refractivity contribution in [3.8, 4) is 44.9 Å². The number of hydrogen-bond acceptors (Lipinski definition) is 2. The van der Waals surface area contributed by atoms with Crippen LogP contribution in [0.1, 0.15) is 105 Å². The number of benzene rings is 5. The number of aromatic nitrogens is 3. The van der Waals surface area contributed by atoms with Crippen molar-refractivity contribution < 1.29 is 0 Å². The van der Waals surface area contributed by atoms with Gasteiger partial charge in [0, 0.05) is 44.6 Å². The fraction of sp³-hybridized carbons (Fsp3) is 0.296. The molecule has 0 unspecified atom stereocenters. The molecule has 8 aromatic rings. The summed E-state index contributed by atoms with van der Waals surface area (Å²) in [5, 5.41) is 4.81. The Hall–Kier alpha value is -5.54. The van der Waals surface area contributed by atoms with Crippen molar-refractivity contribution in [1.82, 2.24) is 15.0 Å². The van der Waals surface area contributed by atoms with Crippen LogP contribution in [-0.2, 0) is 21.7 Å². The smallest absolute Gasteiger partial charge is 0.0736 e. The van der Waals surface area contributed by atoms with Crippen molar-refractivity contribution in [2.75, 3.05) is 0 Å². The molecule has 0 aliphatic heterocycles. The second-order valence-electron chi connectivity index (χ2n) is 20.3. The Labute approximate surface area is 339 Å². The van der Waals surface area contributed by atoms with Gasteiger partial charge in [-0.1, -0.05) is 150 Å². The van der Waals surface area contributed by atoms with Crippen LogP contribution in [0.4, 0.5) is 0 Å². The minimum atomic E-state index is -0.0710. The molecule has 3 nitrogen and oxygen atoms in total. The molecule has 0 aliphatic rings. The van der Waals surface area contributed by atoms with Gasteiger partial charge in [0.05, 0.1) is 22.6 Å². The summed E-state index contributed by atoms with van der Waals surface area (Å²) in [6.07, 6.45) is 1.97. The van der Waals surface area contributed by atoms with Gasteiger partial charge in [-0.3, -0.25) is 4.98 Å². The van der Waals surface area contributed by atoms with Crippen molar-refractivity contribution in [2.24, 2.45) is 0 Å². The second-order valence-corrected chi connectivity index (χ2v) is 20.3. The van der Waals surface area contributed by atoms with Gasteiger partial charge in [0.2, 0.25) is 0 Å². The van der Waals surface area contributed by atoms with Crippen LogP contribution in [0.15, 0.2) is 121 Å². The molecule has 288 valence electrons. The molecule has 8 rings (SSSR count). The highest BCUT2D eigenvalue weighted by Gasteiger charge is 2.24. The van der Waals surface area contributed by atoms with Crippen molar-refractivity contribution in [3.63, 3.8) is 0 Å². The van der Waals surface area contributed by atoms with Crippen molar-refractivity contribution in [3.05, 3.63) is 144 Å². The van der Waals surface area contributed by atoms with E-state index in [9.17, 15) is 0 Å². The van der Waals surface area contributed by atoms with Gasteiger partial charge in [0.1, 0.15) is 0 Å². The first-order valence-corrected chi connectivity index (χ1v) is 20.5. The molecular weight excluding hydrogens is 691 g/mol. The van der Waals surface area contributed by atoms with Gasteiger partial charge in [0.15, 0.2) is 0 Å². The van der Waals surface area contributed by atoms with Crippen LogP contribution in [-0.4, -0.2) is 15.0 Å². The number of aromatic amines is 1. The Morgan fingerprint density at radius 2 is 0.965 bits per heavy atom. The number of hydrogen-bond donors (Lipinski definition) is 1. The molecule has 1 N–H and O–H groups in total. The van der Waals surface area contributed by atoms with Gasteiger partial charge in [-0.2, -0.15) is 0 Å². The first-order chi connectivity index (χ1) is 26.7. The fourth-order valence-electron chi connectivity index (χ4n) is 7.82. The van der Waals surface area contributed by atoms with E-state index < -0.39 is 0 Å². The molecule has 0 amide bonds. The molecule has 0 aliphatic carbocycles. The van der Waals surface area contributed by atoms with Gasteiger partial charge in [0.25, 0.3) is 0 Å². The molecule has 0 spiro atoms. The summed E-state index contributed by atoms with van der Waals surface area (Å²) in [6, 6.07) is 42.8. The van der Waals surface area contributed by atoms with E-state index in [4.69, 9.17) is 9.97 Å². The van der Waals surface area contributed by atoms with Gasteiger partial charge in [-0.05, 0) is 109 Å². The average Bonchev–Trinajstić information content (AvgIpc) is 3.54. The molecule has 0 atom stereocenters. The van der Waals surface area contributed by atoms with Crippen LogP contribution in [0.3, 0.4) is 0 Å². The standard InChI is InChI=1S/C54H57N3/c1-51(2,3)39-20-21-46-43(29-39)44-30-42(54(10,11)12)31-45(50(44)57-46)49-27-38(37-23-40(52(4,5)6)28-41(24-37)53(7,8)9)26-48(56-49)35-19-15-18-34(22-35)47-25-33-16-13-14-17-36(33)32-55-47/h13-32,57H,1-12H3. The summed E-state index contributed by atoms with van der Waals surface area (Å²) < 4.78 is 0. The first kappa shape index (κ1) is 38.3. The molecule has 0 fully saturated rings. The van der Waals surface area contributed by atoms with Crippen LogP contribution < -0.4 is 0 Å². The molecule has 5 aromatic carbocycles. The lowest BCUT2D eigenvalue weighted by atomic mass is 9.79. The van der Waals surface area contributed by atoms with Crippen LogP contribution in [0.5, 0.6) is 0 Å². The predicted molar refractivity (Wildman–Crippen MR) is 245 cm³/mol.